The van der Waals surface area contributed by atoms with E-state index in [1.807, 2.05) is 40.9 Å². The van der Waals surface area contributed by atoms with Gasteiger partial charge in [0.1, 0.15) is 11.4 Å². The number of halogens is 1. The zero-order chi connectivity index (χ0) is 25.5. The fourth-order valence-corrected chi connectivity index (χ4v) is 5.42. The number of piperidine rings is 1. The third kappa shape index (κ3) is 4.79. The number of carbonyl (C=O) groups is 1. The number of benzene rings is 1. The Morgan fingerprint density at radius 2 is 1.97 bits per heavy atom. The number of imidazole rings is 1. The Morgan fingerprint density at radius 3 is 2.70 bits per heavy atom. The molecule has 192 valence electrons. The summed E-state index contributed by atoms with van der Waals surface area (Å²) >= 11 is 6.60. The van der Waals surface area contributed by atoms with E-state index in [1.165, 1.54) is 0 Å². The van der Waals surface area contributed by atoms with Gasteiger partial charge in [0.2, 0.25) is 5.95 Å². The number of aromatic nitrogens is 5. The topological polar surface area (TPSA) is 104 Å². The number of ether oxygens (including phenoxy) is 1. The Bertz CT molecular complexity index is 1440. The summed E-state index contributed by atoms with van der Waals surface area (Å²) in [7, 11) is 3.68. The molecule has 2 saturated heterocycles. The summed E-state index contributed by atoms with van der Waals surface area (Å²) in [5, 5.41) is 4.59. The van der Waals surface area contributed by atoms with Gasteiger partial charge < -0.3 is 24.5 Å². The Hall–Kier alpha value is -3.47. The lowest BCUT2D eigenvalue weighted by molar-refractivity contribution is -0.0603. The van der Waals surface area contributed by atoms with Gasteiger partial charge in [0, 0.05) is 69.8 Å². The third-order valence-corrected chi connectivity index (χ3v) is 7.57. The first-order valence-corrected chi connectivity index (χ1v) is 12.8. The Balaban J connectivity index is 1.15. The number of nitrogens with zero attached hydrogens (tertiary/aromatic N) is 6. The normalized spacial score (nSPS) is 17.3. The maximum absolute atomic E-state index is 13.3. The van der Waals surface area contributed by atoms with Crippen LogP contribution in [-0.2, 0) is 11.8 Å². The quantitative estimate of drug-likeness (QED) is 0.399. The van der Waals surface area contributed by atoms with Crippen molar-refractivity contribution in [1.29, 1.82) is 0 Å². The van der Waals surface area contributed by atoms with Crippen LogP contribution < -0.4 is 5.32 Å². The average Bonchev–Trinajstić information content (AvgIpc) is 3.50. The third-order valence-electron chi connectivity index (χ3n) is 7.27. The van der Waals surface area contributed by atoms with Crippen LogP contribution in [0.4, 0.5) is 11.6 Å². The van der Waals surface area contributed by atoms with Gasteiger partial charge in [0.15, 0.2) is 0 Å². The number of likely N-dealkylation sites (tertiary alicyclic amines) is 2. The fourth-order valence-electron chi connectivity index (χ4n) is 5.14. The van der Waals surface area contributed by atoms with Gasteiger partial charge in [-0.25, -0.2) is 15.0 Å². The van der Waals surface area contributed by atoms with E-state index in [4.69, 9.17) is 16.3 Å². The van der Waals surface area contributed by atoms with Crippen LogP contribution in [0, 0.1) is 0 Å². The van der Waals surface area contributed by atoms with Crippen molar-refractivity contribution >= 4 is 40.0 Å². The van der Waals surface area contributed by atoms with Gasteiger partial charge in [-0.1, -0.05) is 11.6 Å². The number of amides is 1. The summed E-state index contributed by atoms with van der Waals surface area (Å²) in [6.45, 7) is 3.48. The number of methoxy groups -OCH3 is 1. The first-order chi connectivity index (χ1) is 18.0. The van der Waals surface area contributed by atoms with E-state index in [-0.39, 0.29) is 5.91 Å². The number of anilines is 2. The van der Waals surface area contributed by atoms with Gasteiger partial charge >= 0.3 is 0 Å². The highest BCUT2D eigenvalue weighted by atomic mass is 35.5. The molecule has 2 aliphatic rings. The zero-order valence-corrected chi connectivity index (χ0v) is 21.6. The maximum atomic E-state index is 13.3. The molecule has 0 radical (unpaired) electrons. The number of aromatic amines is 1. The molecule has 1 amide bonds. The van der Waals surface area contributed by atoms with Crippen LogP contribution in [0.25, 0.3) is 22.3 Å². The van der Waals surface area contributed by atoms with E-state index in [1.54, 1.807) is 25.7 Å². The number of carbonyl (C=O) groups excluding carboxylic acids is 1. The smallest absolute Gasteiger partial charge is 0.270 e. The van der Waals surface area contributed by atoms with Crippen molar-refractivity contribution in [1.82, 2.24) is 34.3 Å². The number of H-pyrrole nitrogens is 1. The van der Waals surface area contributed by atoms with Crippen LogP contribution in [0.2, 0.25) is 5.02 Å². The molecule has 11 heteroatoms. The molecule has 1 aromatic carbocycles. The van der Waals surface area contributed by atoms with E-state index in [2.05, 4.69) is 30.2 Å². The van der Waals surface area contributed by atoms with Crippen molar-refractivity contribution in [3.63, 3.8) is 0 Å². The second-order valence-corrected chi connectivity index (χ2v) is 10.2. The number of nitrogens with one attached hydrogen (secondary N) is 2. The van der Waals surface area contributed by atoms with Crippen molar-refractivity contribution in [2.24, 2.45) is 7.05 Å². The first-order valence-electron chi connectivity index (χ1n) is 12.4. The van der Waals surface area contributed by atoms with Crippen LogP contribution in [0.15, 0.2) is 43.0 Å². The van der Waals surface area contributed by atoms with Crippen LogP contribution in [0.1, 0.15) is 23.3 Å². The summed E-state index contributed by atoms with van der Waals surface area (Å²) in [6, 6.07) is 7.95. The number of aryl methyl sites for hydroxylation is 1. The molecule has 4 aromatic rings. The SMILES string of the molecule is COC1CN(C2CCN(C(=O)c3cc4cc(Nc5nccc(-c6cn(C)cn6)n5)cc(Cl)c4[nH]3)CC2)C1. The lowest BCUT2D eigenvalue weighted by Gasteiger charge is -2.46. The van der Waals surface area contributed by atoms with Crippen molar-refractivity contribution < 1.29 is 9.53 Å². The van der Waals surface area contributed by atoms with Gasteiger partial charge in [0.25, 0.3) is 5.91 Å². The van der Waals surface area contributed by atoms with Gasteiger partial charge in [-0.05, 0) is 37.1 Å². The van der Waals surface area contributed by atoms with Gasteiger partial charge in [-0.3, -0.25) is 9.69 Å². The predicted molar refractivity (Wildman–Crippen MR) is 142 cm³/mol. The maximum Gasteiger partial charge on any atom is 0.270 e. The minimum absolute atomic E-state index is 0.00463. The molecule has 0 bridgehead atoms. The Kier molecular flexibility index (Phi) is 6.31. The first kappa shape index (κ1) is 23.9. The van der Waals surface area contributed by atoms with E-state index >= 15 is 0 Å². The highest BCUT2D eigenvalue weighted by Crippen LogP contribution is 2.31. The number of fused-ring (bicyclic) bond motifs is 1. The second-order valence-electron chi connectivity index (χ2n) is 9.76. The van der Waals surface area contributed by atoms with Crippen molar-refractivity contribution in [2.45, 2.75) is 25.0 Å². The molecule has 10 nitrogen and oxygen atoms in total. The molecule has 0 atom stereocenters. The molecule has 2 aliphatic heterocycles. The van der Waals surface area contributed by atoms with Crippen molar-refractivity contribution in [2.75, 3.05) is 38.6 Å². The number of hydrogen-bond donors (Lipinski definition) is 2. The van der Waals surface area contributed by atoms with Crippen LogP contribution in [0.3, 0.4) is 0 Å². The highest BCUT2D eigenvalue weighted by Gasteiger charge is 2.35. The Morgan fingerprint density at radius 1 is 1.16 bits per heavy atom. The van der Waals surface area contributed by atoms with Crippen molar-refractivity contribution in [3.8, 4) is 11.4 Å². The molecule has 0 spiro atoms. The fraction of sp³-hybridized carbons (Fsp3) is 0.385. The molecule has 0 saturated carbocycles. The minimum Gasteiger partial charge on any atom is -0.379 e. The predicted octanol–water partition coefficient (Wildman–Crippen LogP) is 3.69. The molecule has 0 aliphatic carbocycles. The van der Waals surface area contributed by atoms with Gasteiger partial charge in [-0.2, -0.15) is 0 Å². The van der Waals surface area contributed by atoms with Gasteiger partial charge in [0.05, 0.1) is 28.7 Å². The number of rotatable bonds is 6. The molecule has 0 unspecified atom stereocenters. The summed E-state index contributed by atoms with van der Waals surface area (Å²) in [6.07, 6.45) is 7.63. The molecular formula is C26H29ClN8O2. The van der Waals surface area contributed by atoms with Gasteiger partial charge in [-0.15, -0.1) is 0 Å². The standard InChI is InChI=1S/C26H29ClN8O2/c1-33-14-23(29-15-33)21-3-6-28-26(32-21)30-17-9-16-10-22(31-24(16)20(27)11-17)25(36)34-7-4-18(5-8-34)35-12-19(13-35)37-2/h3,6,9-11,14-15,18-19,31H,4-5,7-8,12-13H2,1-2H3,(H,28,30,32). The van der Waals surface area contributed by atoms with Crippen molar-refractivity contribution in [3.05, 3.63) is 53.7 Å². The molecule has 5 heterocycles. The van der Waals surface area contributed by atoms with E-state index in [0.29, 0.717) is 28.8 Å². The minimum atomic E-state index is 0.00463. The number of hydrogen-bond acceptors (Lipinski definition) is 7. The molecule has 37 heavy (non-hydrogen) atoms. The largest absolute Gasteiger partial charge is 0.379 e. The highest BCUT2D eigenvalue weighted by molar-refractivity contribution is 6.35. The molecular weight excluding hydrogens is 492 g/mol. The monoisotopic (exact) mass is 520 g/mol. The molecule has 2 fully saturated rings. The Labute approximate surface area is 219 Å². The lowest BCUT2D eigenvalue weighted by atomic mass is 9.98. The zero-order valence-electron chi connectivity index (χ0n) is 20.8. The van der Waals surface area contributed by atoms with Crippen LogP contribution >= 0.6 is 11.6 Å². The summed E-state index contributed by atoms with van der Waals surface area (Å²) < 4.78 is 7.26. The van der Waals surface area contributed by atoms with E-state index in [0.717, 1.165) is 67.0 Å². The van der Waals surface area contributed by atoms with E-state index < -0.39 is 0 Å². The second kappa shape index (κ2) is 9.77. The summed E-state index contributed by atoms with van der Waals surface area (Å²) in [4.78, 5) is 34.1. The molecule has 2 N–H and O–H groups in total. The molecule has 6 rings (SSSR count). The summed E-state index contributed by atoms with van der Waals surface area (Å²) in [5.41, 5.74) is 3.50. The lowest BCUT2D eigenvalue weighted by Crippen LogP contribution is -2.58. The van der Waals surface area contributed by atoms with Crippen LogP contribution in [0.5, 0.6) is 0 Å². The average molecular weight is 521 g/mol. The molecule has 3 aromatic heterocycles. The van der Waals surface area contributed by atoms with E-state index in [9.17, 15) is 4.79 Å². The van der Waals surface area contributed by atoms with Crippen LogP contribution in [-0.4, -0.2) is 85.6 Å². The summed E-state index contributed by atoms with van der Waals surface area (Å²) in [5.74, 6) is 0.442.